The lowest BCUT2D eigenvalue weighted by Gasteiger charge is -2.18. The van der Waals surface area contributed by atoms with Crippen molar-refractivity contribution in [3.8, 4) is 0 Å². The van der Waals surface area contributed by atoms with Crippen LogP contribution >= 0.6 is 11.3 Å². The Hall–Kier alpha value is -1.14. The molecule has 0 aliphatic heterocycles. The van der Waals surface area contributed by atoms with Crippen LogP contribution in [0, 0.1) is 0 Å². The first-order valence-corrected chi connectivity index (χ1v) is 5.92. The molecule has 1 amide bonds. The van der Waals surface area contributed by atoms with Crippen LogP contribution in [0.25, 0.3) is 0 Å². The van der Waals surface area contributed by atoms with Gasteiger partial charge >= 0.3 is 0 Å². The minimum absolute atomic E-state index is 0.267. The summed E-state index contributed by atoms with van der Waals surface area (Å²) in [6.07, 6.45) is 1.53. The molecule has 0 radical (unpaired) electrons. The van der Waals surface area contributed by atoms with Crippen LogP contribution in [-0.4, -0.2) is 23.0 Å². The van der Waals surface area contributed by atoms with Gasteiger partial charge in [-0.2, -0.15) is 0 Å². The molecule has 16 heavy (non-hydrogen) atoms. The van der Waals surface area contributed by atoms with Gasteiger partial charge in [0.1, 0.15) is 4.88 Å². The van der Waals surface area contributed by atoms with Crippen molar-refractivity contribution in [3.63, 3.8) is 0 Å². The number of nitrogens with zero attached hydrogens (tertiary/aromatic N) is 1. The fraction of sp³-hybridized carbons (Fsp3) is 0.600. The van der Waals surface area contributed by atoms with Crippen molar-refractivity contribution < 1.29 is 9.63 Å². The Morgan fingerprint density at radius 3 is 2.81 bits per heavy atom. The normalized spacial score (nSPS) is 11.2. The van der Waals surface area contributed by atoms with Gasteiger partial charge in [0.05, 0.1) is 11.8 Å². The van der Waals surface area contributed by atoms with E-state index >= 15 is 0 Å². The van der Waals surface area contributed by atoms with Crippen LogP contribution < -0.4 is 10.8 Å². The summed E-state index contributed by atoms with van der Waals surface area (Å²) in [6, 6.07) is 0. The zero-order chi connectivity index (χ0) is 12.2. The van der Waals surface area contributed by atoms with Gasteiger partial charge in [0.25, 0.3) is 5.91 Å². The van der Waals surface area contributed by atoms with Gasteiger partial charge in [-0.15, -0.1) is 0 Å². The third-order valence-corrected chi connectivity index (χ3v) is 2.46. The Labute approximate surface area is 99.2 Å². The Kier molecular flexibility index (Phi) is 4.26. The number of thiazole rings is 1. The van der Waals surface area contributed by atoms with E-state index in [9.17, 15) is 4.79 Å². The second-order valence-corrected chi connectivity index (χ2v) is 5.24. The lowest BCUT2D eigenvalue weighted by molar-refractivity contribution is -0.0588. The maximum absolute atomic E-state index is 11.6. The molecular weight excluding hydrogens is 226 g/mol. The van der Waals surface area contributed by atoms with Crippen LogP contribution in [-0.2, 0) is 4.84 Å². The van der Waals surface area contributed by atoms with E-state index in [1.165, 1.54) is 17.5 Å². The zero-order valence-electron chi connectivity index (χ0n) is 9.96. The highest BCUT2D eigenvalue weighted by Crippen LogP contribution is 2.17. The molecule has 1 rings (SSSR count). The zero-order valence-corrected chi connectivity index (χ0v) is 10.8. The first kappa shape index (κ1) is 12.9. The molecule has 1 aromatic heterocycles. The summed E-state index contributed by atoms with van der Waals surface area (Å²) in [5.41, 5.74) is 2.00. The largest absolute Gasteiger partial charge is 0.362 e. The first-order chi connectivity index (χ1) is 7.42. The van der Waals surface area contributed by atoms with E-state index in [1.54, 1.807) is 0 Å². The molecule has 1 heterocycles. The molecule has 0 aliphatic carbocycles. The summed E-state index contributed by atoms with van der Waals surface area (Å²) in [5.74, 6) is -0.267. The Balaban J connectivity index is 2.53. The second-order valence-electron chi connectivity index (χ2n) is 4.21. The van der Waals surface area contributed by atoms with Crippen molar-refractivity contribution in [1.82, 2.24) is 10.5 Å². The topological polar surface area (TPSA) is 63.2 Å². The number of rotatable bonds is 4. The van der Waals surface area contributed by atoms with Crippen molar-refractivity contribution in [2.75, 3.05) is 11.9 Å². The molecule has 6 heteroatoms. The standard InChI is InChI=1S/C10H17N3O2S/c1-5-11-9-12-6-7(16-9)8(14)13-15-10(2,3)4/h6H,5H2,1-4H3,(H,11,12)(H,13,14). The molecule has 0 bridgehead atoms. The van der Waals surface area contributed by atoms with Crippen molar-refractivity contribution in [2.45, 2.75) is 33.3 Å². The highest BCUT2D eigenvalue weighted by molar-refractivity contribution is 7.17. The van der Waals surface area contributed by atoms with E-state index < -0.39 is 5.60 Å². The molecule has 0 atom stereocenters. The van der Waals surface area contributed by atoms with Crippen LogP contribution in [0.5, 0.6) is 0 Å². The van der Waals surface area contributed by atoms with Gasteiger partial charge in [0.15, 0.2) is 5.13 Å². The predicted molar refractivity (Wildman–Crippen MR) is 64.6 cm³/mol. The lowest BCUT2D eigenvalue weighted by Crippen LogP contribution is -2.33. The first-order valence-electron chi connectivity index (χ1n) is 5.10. The minimum atomic E-state index is -0.398. The average molecular weight is 243 g/mol. The van der Waals surface area contributed by atoms with Crippen LogP contribution in [0.2, 0.25) is 0 Å². The number of carbonyl (C=O) groups excluding carboxylic acids is 1. The van der Waals surface area contributed by atoms with E-state index in [0.29, 0.717) is 4.88 Å². The van der Waals surface area contributed by atoms with E-state index in [4.69, 9.17) is 4.84 Å². The molecule has 0 unspecified atom stereocenters. The van der Waals surface area contributed by atoms with Gasteiger partial charge in [-0.1, -0.05) is 11.3 Å². The molecule has 5 nitrogen and oxygen atoms in total. The van der Waals surface area contributed by atoms with Crippen LogP contribution in [0.1, 0.15) is 37.4 Å². The summed E-state index contributed by atoms with van der Waals surface area (Å²) in [4.78, 5) is 21.4. The molecule has 0 fully saturated rings. The van der Waals surface area contributed by atoms with Gasteiger partial charge in [-0.3, -0.25) is 9.63 Å². The van der Waals surface area contributed by atoms with Crippen molar-refractivity contribution in [1.29, 1.82) is 0 Å². The van der Waals surface area contributed by atoms with Gasteiger partial charge in [-0.25, -0.2) is 10.5 Å². The number of carbonyl (C=O) groups is 1. The minimum Gasteiger partial charge on any atom is -0.362 e. The molecule has 1 aromatic rings. The Morgan fingerprint density at radius 1 is 1.56 bits per heavy atom. The maximum atomic E-state index is 11.6. The van der Waals surface area contributed by atoms with Gasteiger partial charge in [-0.05, 0) is 27.7 Å². The van der Waals surface area contributed by atoms with Crippen molar-refractivity contribution in [2.24, 2.45) is 0 Å². The number of amides is 1. The predicted octanol–water partition coefficient (Wildman–Crippen LogP) is 2.03. The quantitative estimate of drug-likeness (QED) is 0.794. The SMILES string of the molecule is CCNc1ncc(C(=O)NOC(C)(C)C)s1. The van der Waals surface area contributed by atoms with Crippen molar-refractivity contribution in [3.05, 3.63) is 11.1 Å². The molecule has 0 aromatic carbocycles. The lowest BCUT2D eigenvalue weighted by atomic mass is 10.2. The monoisotopic (exact) mass is 243 g/mol. The number of aromatic nitrogens is 1. The number of anilines is 1. The summed E-state index contributed by atoms with van der Waals surface area (Å²) in [6.45, 7) is 8.36. The van der Waals surface area contributed by atoms with Crippen LogP contribution in [0.3, 0.4) is 0 Å². The third kappa shape index (κ3) is 4.16. The smallest absolute Gasteiger partial charge is 0.286 e. The molecular formula is C10H17N3O2S. The highest BCUT2D eigenvalue weighted by atomic mass is 32.1. The Morgan fingerprint density at radius 2 is 2.25 bits per heavy atom. The maximum Gasteiger partial charge on any atom is 0.286 e. The summed E-state index contributed by atoms with van der Waals surface area (Å²) >= 11 is 1.30. The molecule has 0 spiro atoms. The number of nitrogens with one attached hydrogen (secondary N) is 2. The molecule has 2 N–H and O–H groups in total. The van der Waals surface area contributed by atoms with E-state index in [-0.39, 0.29) is 5.91 Å². The third-order valence-electron chi connectivity index (χ3n) is 1.51. The fourth-order valence-electron chi connectivity index (χ4n) is 0.862. The molecule has 0 saturated heterocycles. The van der Waals surface area contributed by atoms with Gasteiger partial charge < -0.3 is 5.32 Å². The molecule has 0 aliphatic rings. The number of hydroxylamine groups is 1. The second kappa shape index (κ2) is 5.27. The highest BCUT2D eigenvalue weighted by Gasteiger charge is 2.15. The average Bonchev–Trinajstić information content (AvgIpc) is 2.62. The van der Waals surface area contributed by atoms with Crippen LogP contribution in [0.15, 0.2) is 6.20 Å². The summed E-state index contributed by atoms with van der Waals surface area (Å²) < 4.78 is 0. The van der Waals surface area contributed by atoms with Crippen LogP contribution in [0.4, 0.5) is 5.13 Å². The van der Waals surface area contributed by atoms with E-state index in [1.807, 2.05) is 27.7 Å². The molecule has 90 valence electrons. The van der Waals surface area contributed by atoms with E-state index in [0.717, 1.165) is 11.7 Å². The van der Waals surface area contributed by atoms with E-state index in [2.05, 4.69) is 15.8 Å². The van der Waals surface area contributed by atoms with Crippen molar-refractivity contribution >= 4 is 22.4 Å². The Bertz CT molecular complexity index is 357. The molecule has 0 saturated carbocycles. The number of hydrogen-bond acceptors (Lipinski definition) is 5. The van der Waals surface area contributed by atoms with Gasteiger partial charge in [0, 0.05) is 6.54 Å². The summed E-state index contributed by atoms with van der Waals surface area (Å²) in [5, 5.41) is 3.78. The fourth-order valence-corrected chi connectivity index (χ4v) is 1.63. The summed E-state index contributed by atoms with van der Waals surface area (Å²) in [7, 11) is 0. The van der Waals surface area contributed by atoms with Gasteiger partial charge in [0.2, 0.25) is 0 Å². The number of hydrogen-bond donors (Lipinski definition) is 2.